The zero-order valence-corrected chi connectivity index (χ0v) is 6.58. The molecule has 0 saturated carbocycles. The summed E-state index contributed by atoms with van der Waals surface area (Å²) in [5.74, 6) is 0.0795. The second-order valence-corrected chi connectivity index (χ2v) is 3.83. The third-order valence-corrected chi connectivity index (χ3v) is 1.67. The van der Waals surface area contributed by atoms with E-state index in [2.05, 4.69) is 16.2 Å². The summed E-state index contributed by atoms with van der Waals surface area (Å²) in [5, 5.41) is 0. The first-order valence-electron chi connectivity index (χ1n) is 2.89. The molecule has 5 heteroatoms. The van der Waals surface area contributed by atoms with Crippen molar-refractivity contribution in [2.24, 2.45) is 0 Å². The molecule has 0 aliphatic heterocycles. The molecule has 0 fully saturated rings. The molecule has 1 radical (unpaired) electrons. The zero-order valence-electron chi connectivity index (χ0n) is 5.77. The molecule has 0 unspecified atom stereocenters. The van der Waals surface area contributed by atoms with E-state index in [1.54, 1.807) is 6.07 Å². The fourth-order valence-electron chi connectivity index (χ4n) is 0.601. The maximum atomic E-state index is 10.6. The highest BCUT2D eigenvalue weighted by Gasteiger charge is 2.05. The summed E-state index contributed by atoms with van der Waals surface area (Å²) in [6.45, 7) is 0. The van der Waals surface area contributed by atoms with Crippen molar-refractivity contribution < 1.29 is 8.42 Å². The van der Waals surface area contributed by atoms with Crippen LogP contribution in [0.2, 0.25) is 0 Å². The first-order valence-corrected chi connectivity index (χ1v) is 4.72. The van der Waals surface area contributed by atoms with Gasteiger partial charge < -0.3 is 0 Å². The molecule has 1 rings (SSSR count). The zero-order chi connectivity index (χ0) is 8.32. The average molecular weight is 171 g/mol. The van der Waals surface area contributed by atoms with Gasteiger partial charge in [0.2, 0.25) is 0 Å². The van der Waals surface area contributed by atoms with Gasteiger partial charge in [0.1, 0.15) is 11.6 Å². The summed E-state index contributed by atoms with van der Waals surface area (Å²) in [4.78, 5) is 7.47. The van der Waals surface area contributed by atoms with Crippen molar-refractivity contribution in [2.45, 2.75) is 5.75 Å². The van der Waals surface area contributed by atoms with Gasteiger partial charge in [0.15, 0.2) is 9.84 Å². The van der Waals surface area contributed by atoms with Crippen LogP contribution in [0.1, 0.15) is 5.82 Å². The number of rotatable bonds is 2. The molecule has 0 bridgehead atoms. The highest BCUT2D eigenvalue weighted by Crippen LogP contribution is 1.96. The van der Waals surface area contributed by atoms with Crippen molar-refractivity contribution in [2.75, 3.05) is 0 Å². The van der Waals surface area contributed by atoms with Crippen LogP contribution in [0.5, 0.6) is 0 Å². The van der Waals surface area contributed by atoms with Gasteiger partial charge in [0.25, 0.3) is 0 Å². The standard InChI is InChI=1S/C6H7N2O2S/c1-11(9,10)5-6-7-3-2-4-8-6/h2-4H,1,5H2. The SMILES string of the molecule is [CH2]S(=O)(=O)Cc1ncccn1. The Morgan fingerprint density at radius 3 is 2.36 bits per heavy atom. The highest BCUT2D eigenvalue weighted by atomic mass is 32.2. The van der Waals surface area contributed by atoms with Gasteiger partial charge in [0.05, 0.1) is 6.26 Å². The van der Waals surface area contributed by atoms with Crippen LogP contribution in [-0.2, 0) is 15.6 Å². The quantitative estimate of drug-likeness (QED) is 0.637. The number of hydrogen-bond acceptors (Lipinski definition) is 4. The lowest BCUT2D eigenvalue weighted by Crippen LogP contribution is -2.02. The molecular formula is C6H7N2O2S. The van der Waals surface area contributed by atoms with Crippen LogP contribution >= 0.6 is 0 Å². The minimum Gasteiger partial charge on any atom is -0.240 e. The van der Waals surface area contributed by atoms with Crippen LogP contribution in [0, 0.1) is 6.26 Å². The second-order valence-electron chi connectivity index (χ2n) is 2.05. The van der Waals surface area contributed by atoms with E-state index in [0.29, 0.717) is 0 Å². The lowest BCUT2D eigenvalue weighted by Gasteiger charge is -1.94. The Balaban J connectivity index is 2.82. The Hall–Kier alpha value is -0.970. The molecule has 0 atom stereocenters. The van der Waals surface area contributed by atoms with E-state index in [1.807, 2.05) is 0 Å². The fraction of sp³-hybridized carbons (Fsp3) is 0.167. The Labute approximate surface area is 65.2 Å². The van der Waals surface area contributed by atoms with Crippen LogP contribution in [0.15, 0.2) is 18.5 Å². The van der Waals surface area contributed by atoms with Gasteiger partial charge in [0, 0.05) is 12.4 Å². The number of sulfone groups is 1. The monoisotopic (exact) mass is 171 g/mol. The smallest absolute Gasteiger partial charge is 0.158 e. The molecule has 0 aliphatic rings. The lowest BCUT2D eigenvalue weighted by molar-refractivity contribution is 0.602. The van der Waals surface area contributed by atoms with Gasteiger partial charge in [-0.3, -0.25) is 0 Å². The lowest BCUT2D eigenvalue weighted by atomic mass is 10.6. The van der Waals surface area contributed by atoms with E-state index in [9.17, 15) is 8.42 Å². The molecule has 11 heavy (non-hydrogen) atoms. The van der Waals surface area contributed by atoms with E-state index >= 15 is 0 Å². The molecule has 4 nitrogen and oxygen atoms in total. The van der Waals surface area contributed by atoms with E-state index in [0.717, 1.165) is 0 Å². The van der Waals surface area contributed by atoms with Crippen molar-refractivity contribution in [1.82, 2.24) is 9.97 Å². The molecule has 0 N–H and O–H groups in total. The van der Waals surface area contributed by atoms with Crippen LogP contribution in [0.4, 0.5) is 0 Å². The molecule has 1 heterocycles. The number of aromatic nitrogens is 2. The molecule has 0 spiro atoms. The van der Waals surface area contributed by atoms with Gasteiger partial charge >= 0.3 is 0 Å². The minimum atomic E-state index is -3.25. The van der Waals surface area contributed by atoms with Crippen LogP contribution < -0.4 is 0 Å². The van der Waals surface area contributed by atoms with Gasteiger partial charge in [-0.15, -0.1) is 0 Å². The molecular weight excluding hydrogens is 164 g/mol. The Morgan fingerprint density at radius 1 is 1.36 bits per heavy atom. The summed E-state index contributed by atoms with van der Waals surface area (Å²) < 4.78 is 21.2. The Morgan fingerprint density at radius 2 is 1.91 bits per heavy atom. The molecule has 0 aromatic carbocycles. The molecule has 59 valence electrons. The van der Waals surface area contributed by atoms with Crippen molar-refractivity contribution >= 4 is 9.84 Å². The van der Waals surface area contributed by atoms with Crippen molar-refractivity contribution in [3.05, 3.63) is 30.5 Å². The van der Waals surface area contributed by atoms with Gasteiger partial charge in [-0.05, 0) is 6.07 Å². The maximum Gasteiger partial charge on any atom is 0.158 e. The summed E-state index contributed by atoms with van der Waals surface area (Å²) in [6.07, 6.45) is 5.95. The number of nitrogens with zero attached hydrogens (tertiary/aromatic N) is 2. The van der Waals surface area contributed by atoms with E-state index < -0.39 is 9.84 Å². The topological polar surface area (TPSA) is 59.9 Å². The van der Waals surface area contributed by atoms with Crippen LogP contribution in [-0.4, -0.2) is 18.4 Å². The van der Waals surface area contributed by atoms with Crippen molar-refractivity contribution in [1.29, 1.82) is 0 Å². The van der Waals surface area contributed by atoms with E-state index in [1.165, 1.54) is 12.4 Å². The average Bonchev–Trinajstić information content (AvgIpc) is 1.85. The van der Waals surface area contributed by atoms with Gasteiger partial charge in [-0.1, -0.05) is 0 Å². The first kappa shape index (κ1) is 8.13. The predicted molar refractivity (Wildman–Crippen MR) is 40.0 cm³/mol. The minimum absolute atomic E-state index is 0.201. The summed E-state index contributed by atoms with van der Waals surface area (Å²) in [5.41, 5.74) is 0. The third kappa shape index (κ3) is 3.08. The van der Waals surface area contributed by atoms with Crippen LogP contribution in [0.25, 0.3) is 0 Å². The summed E-state index contributed by atoms with van der Waals surface area (Å²) in [6, 6.07) is 1.62. The first-order chi connectivity index (χ1) is 5.08. The molecule has 0 saturated heterocycles. The van der Waals surface area contributed by atoms with Crippen LogP contribution in [0.3, 0.4) is 0 Å². The van der Waals surface area contributed by atoms with Crippen molar-refractivity contribution in [3.8, 4) is 0 Å². The van der Waals surface area contributed by atoms with Gasteiger partial charge in [-0.2, -0.15) is 0 Å². The third-order valence-electron chi connectivity index (χ3n) is 0.968. The molecule has 1 aromatic heterocycles. The Bertz CT molecular complexity index is 320. The predicted octanol–water partition coefficient (Wildman–Crippen LogP) is 0.183. The van der Waals surface area contributed by atoms with E-state index in [-0.39, 0.29) is 11.6 Å². The normalized spacial score (nSPS) is 11.4. The summed E-state index contributed by atoms with van der Waals surface area (Å²) in [7, 11) is -3.25. The summed E-state index contributed by atoms with van der Waals surface area (Å²) >= 11 is 0. The second kappa shape index (κ2) is 2.96. The Kier molecular flexibility index (Phi) is 2.19. The molecule has 0 amide bonds. The largest absolute Gasteiger partial charge is 0.240 e. The molecule has 0 aliphatic carbocycles. The molecule has 1 aromatic rings. The highest BCUT2D eigenvalue weighted by molar-refractivity contribution is 7.91. The number of hydrogen-bond donors (Lipinski definition) is 0. The van der Waals surface area contributed by atoms with Gasteiger partial charge in [-0.25, -0.2) is 18.4 Å². The fourth-order valence-corrected chi connectivity index (χ4v) is 1.14. The van der Waals surface area contributed by atoms with E-state index in [4.69, 9.17) is 0 Å². The maximum absolute atomic E-state index is 10.6. The van der Waals surface area contributed by atoms with Crippen molar-refractivity contribution in [3.63, 3.8) is 0 Å².